The van der Waals surface area contributed by atoms with E-state index < -0.39 is 11.3 Å². The van der Waals surface area contributed by atoms with Crippen LogP contribution < -0.4 is 0 Å². The minimum atomic E-state index is -1.84. The second kappa shape index (κ2) is 10.9. The molecule has 0 heterocycles. The summed E-state index contributed by atoms with van der Waals surface area (Å²) in [6, 6.07) is 0.387. The number of unbranched alkanes of at least 4 members (excludes halogenated alkanes) is 4. The van der Waals surface area contributed by atoms with Crippen LogP contribution in [0.4, 0.5) is 0 Å². The topological polar surface area (TPSA) is 40.5 Å². The van der Waals surface area contributed by atoms with Gasteiger partial charge in [-0.15, -0.1) is 0 Å². The van der Waals surface area contributed by atoms with Crippen molar-refractivity contribution in [1.82, 2.24) is 4.31 Å². The highest BCUT2D eigenvalue weighted by Gasteiger charge is 2.24. The quantitative estimate of drug-likeness (QED) is 0.450. The minimum absolute atomic E-state index is 0.194. The molecule has 1 N–H and O–H groups in total. The Morgan fingerprint density at radius 1 is 0.944 bits per heavy atom. The molecule has 0 radical (unpaired) electrons. The van der Waals surface area contributed by atoms with Crippen molar-refractivity contribution >= 4 is 11.3 Å². The standard InChI is InChI=1S/C14H31NO2S/c1-5-7-9-11-13(3)15(18(16)17)14(4)12-10-8-6-2/h13-14H,5-12H2,1-4H3,(H,16,17). The number of nitrogens with zero attached hydrogens (tertiary/aromatic N) is 1. The van der Waals surface area contributed by atoms with Crippen LogP contribution in [0.5, 0.6) is 0 Å². The van der Waals surface area contributed by atoms with Crippen molar-refractivity contribution < 1.29 is 8.76 Å². The molecule has 0 aliphatic heterocycles. The lowest BCUT2D eigenvalue weighted by Crippen LogP contribution is -2.41. The maximum atomic E-state index is 11.5. The Hall–Kier alpha value is 0.0700. The molecule has 0 amide bonds. The molecule has 0 aliphatic carbocycles. The molecule has 0 aromatic carbocycles. The summed E-state index contributed by atoms with van der Waals surface area (Å²) in [7, 11) is 0. The molecule has 0 saturated carbocycles. The van der Waals surface area contributed by atoms with E-state index in [0.717, 1.165) is 25.7 Å². The molecule has 0 aliphatic rings. The van der Waals surface area contributed by atoms with E-state index in [2.05, 4.69) is 27.7 Å². The van der Waals surface area contributed by atoms with Crippen molar-refractivity contribution in [2.24, 2.45) is 0 Å². The molecule has 0 saturated heterocycles. The van der Waals surface area contributed by atoms with E-state index in [1.54, 1.807) is 4.31 Å². The first-order valence-electron chi connectivity index (χ1n) is 7.43. The van der Waals surface area contributed by atoms with E-state index in [0.29, 0.717) is 0 Å². The van der Waals surface area contributed by atoms with Crippen molar-refractivity contribution in [3.8, 4) is 0 Å². The van der Waals surface area contributed by atoms with Crippen LogP contribution in [0.2, 0.25) is 0 Å². The summed E-state index contributed by atoms with van der Waals surface area (Å²) in [5.41, 5.74) is 0. The minimum Gasteiger partial charge on any atom is -0.294 e. The van der Waals surface area contributed by atoms with Crippen LogP contribution in [0.15, 0.2) is 0 Å². The van der Waals surface area contributed by atoms with Crippen LogP contribution in [0, 0.1) is 0 Å². The van der Waals surface area contributed by atoms with Crippen molar-refractivity contribution in [2.45, 2.75) is 91.1 Å². The van der Waals surface area contributed by atoms with Gasteiger partial charge in [0.1, 0.15) is 0 Å². The van der Waals surface area contributed by atoms with Gasteiger partial charge in [-0.3, -0.25) is 4.55 Å². The summed E-state index contributed by atoms with van der Waals surface area (Å²) in [6.07, 6.45) is 9.12. The van der Waals surface area contributed by atoms with Crippen LogP contribution in [-0.4, -0.2) is 25.2 Å². The molecule has 3 nitrogen and oxygen atoms in total. The zero-order chi connectivity index (χ0) is 14.0. The van der Waals surface area contributed by atoms with E-state index >= 15 is 0 Å². The second-order valence-electron chi connectivity index (χ2n) is 5.28. The molecule has 0 spiro atoms. The fourth-order valence-electron chi connectivity index (χ4n) is 2.38. The molecule has 18 heavy (non-hydrogen) atoms. The van der Waals surface area contributed by atoms with E-state index in [4.69, 9.17) is 0 Å². The highest BCUT2D eigenvalue weighted by Crippen LogP contribution is 2.18. The van der Waals surface area contributed by atoms with Crippen molar-refractivity contribution in [2.75, 3.05) is 0 Å². The number of hydrogen-bond donors (Lipinski definition) is 1. The van der Waals surface area contributed by atoms with Crippen molar-refractivity contribution in [3.05, 3.63) is 0 Å². The fraction of sp³-hybridized carbons (Fsp3) is 1.00. The molecule has 0 aromatic rings. The predicted molar refractivity (Wildman–Crippen MR) is 79.8 cm³/mol. The largest absolute Gasteiger partial charge is 0.294 e. The van der Waals surface area contributed by atoms with Crippen molar-refractivity contribution in [1.29, 1.82) is 0 Å². The van der Waals surface area contributed by atoms with E-state index in [1.807, 2.05) is 0 Å². The summed E-state index contributed by atoms with van der Waals surface area (Å²) in [6.45, 7) is 8.50. The molecule has 3 atom stereocenters. The first-order chi connectivity index (χ1) is 8.54. The molecular formula is C14H31NO2S. The lowest BCUT2D eigenvalue weighted by atomic mass is 10.1. The van der Waals surface area contributed by atoms with Crippen LogP contribution >= 0.6 is 0 Å². The van der Waals surface area contributed by atoms with Gasteiger partial charge in [-0.2, -0.15) is 4.31 Å². The third-order valence-corrected chi connectivity index (χ3v) is 4.58. The lowest BCUT2D eigenvalue weighted by Gasteiger charge is -2.30. The SMILES string of the molecule is CCCCCC(C)N(C(C)CCCCC)S(=O)O. The molecule has 0 rings (SSSR count). The third-order valence-electron chi connectivity index (χ3n) is 3.50. The summed E-state index contributed by atoms with van der Waals surface area (Å²) < 4.78 is 22.7. The predicted octanol–water partition coefficient (Wildman–Crippen LogP) is 4.36. The number of hydrogen-bond acceptors (Lipinski definition) is 1. The van der Waals surface area contributed by atoms with Crippen LogP contribution in [0.25, 0.3) is 0 Å². The van der Waals surface area contributed by atoms with E-state index in [1.165, 1.54) is 25.7 Å². The molecule has 3 unspecified atom stereocenters. The van der Waals surface area contributed by atoms with Gasteiger partial charge in [0.25, 0.3) is 0 Å². The summed E-state index contributed by atoms with van der Waals surface area (Å²) >= 11 is -1.84. The maximum Gasteiger partial charge on any atom is 0.235 e. The van der Waals surface area contributed by atoms with Crippen LogP contribution in [0.1, 0.15) is 79.1 Å². The van der Waals surface area contributed by atoms with Gasteiger partial charge >= 0.3 is 0 Å². The maximum absolute atomic E-state index is 11.5. The Balaban J connectivity index is 4.21. The Labute approximate surface area is 116 Å². The molecule has 4 heteroatoms. The third kappa shape index (κ3) is 7.49. The molecule has 0 bridgehead atoms. The first-order valence-corrected chi connectivity index (χ1v) is 8.50. The van der Waals surface area contributed by atoms with Crippen LogP contribution in [0.3, 0.4) is 0 Å². The van der Waals surface area contributed by atoms with E-state index in [9.17, 15) is 8.76 Å². The normalized spacial score (nSPS) is 16.8. The zero-order valence-electron chi connectivity index (χ0n) is 12.5. The Bertz CT molecular complexity index is 208. The van der Waals surface area contributed by atoms with Gasteiger partial charge in [-0.05, 0) is 26.7 Å². The summed E-state index contributed by atoms with van der Waals surface area (Å²) in [4.78, 5) is 0. The van der Waals surface area contributed by atoms with Gasteiger partial charge in [0, 0.05) is 12.1 Å². The van der Waals surface area contributed by atoms with Crippen molar-refractivity contribution in [3.63, 3.8) is 0 Å². The highest BCUT2D eigenvalue weighted by molar-refractivity contribution is 7.76. The van der Waals surface area contributed by atoms with Gasteiger partial charge < -0.3 is 0 Å². The van der Waals surface area contributed by atoms with Gasteiger partial charge in [0.2, 0.25) is 11.3 Å². The summed E-state index contributed by atoms with van der Waals surface area (Å²) in [5.74, 6) is 0. The Morgan fingerprint density at radius 2 is 1.33 bits per heavy atom. The van der Waals surface area contributed by atoms with Gasteiger partial charge in [0.05, 0.1) is 0 Å². The Morgan fingerprint density at radius 3 is 1.61 bits per heavy atom. The Kier molecular flexibility index (Phi) is 11.0. The average molecular weight is 277 g/mol. The first kappa shape index (κ1) is 18.1. The molecule has 0 aromatic heterocycles. The smallest absolute Gasteiger partial charge is 0.235 e. The monoisotopic (exact) mass is 277 g/mol. The van der Waals surface area contributed by atoms with Gasteiger partial charge in [0.15, 0.2) is 0 Å². The molecular weight excluding hydrogens is 246 g/mol. The molecule has 110 valence electrons. The average Bonchev–Trinajstić information content (AvgIpc) is 2.29. The van der Waals surface area contributed by atoms with Crippen LogP contribution in [-0.2, 0) is 11.3 Å². The lowest BCUT2D eigenvalue weighted by molar-refractivity contribution is 0.240. The zero-order valence-corrected chi connectivity index (χ0v) is 13.3. The number of rotatable bonds is 11. The summed E-state index contributed by atoms with van der Waals surface area (Å²) in [5, 5.41) is 0. The van der Waals surface area contributed by atoms with E-state index in [-0.39, 0.29) is 12.1 Å². The fourth-order valence-corrected chi connectivity index (χ4v) is 3.20. The highest BCUT2D eigenvalue weighted by atomic mass is 32.2. The van der Waals surface area contributed by atoms with Gasteiger partial charge in [-0.1, -0.05) is 52.4 Å². The molecule has 0 fully saturated rings. The van der Waals surface area contributed by atoms with Gasteiger partial charge in [-0.25, -0.2) is 4.21 Å². The second-order valence-corrected chi connectivity index (χ2v) is 6.16.